The molecule has 0 radical (unpaired) electrons. The Kier molecular flexibility index (Phi) is 4.65. The second-order valence-corrected chi connectivity index (χ2v) is 4.25. The van der Waals surface area contributed by atoms with Crippen LogP contribution in [0.15, 0.2) is 34.9 Å². The number of aromatic nitrogens is 1. The van der Waals surface area contributed by atoms with E-state index in [1.54, 1.807) is 6.20 Å². The molecule has 0 aliphatic heterocycles. The van der Waals surface area contributed by atoms with Crippen molar-refractivity contribution in [3.63, 3.8) is 0 Å². The highest BCUT2D eigenvalue weighted by Gasteiger charge is 2.05. The average Bonchev–Trinajstić information content (AvgIpc) is 2.89. The van der Waals surface area contributed by atoms with Crippen LogP contribution in [0.1, 0.15) is 25.7 Å². The Bertz CT molecular complexity index is 479. The summed E-state index contributed by atoms with van der Waals surface area (Å²) >= 11 is 5.65. The third kappa shape index (κ3) is 3.26. The van der Waals surface area contributed by atoms with E-state index in [-0.39, 0.29) is 5.88 Å². The summed E-state index contributed by atoms with van der Waals surface area (Å²) in [5.74, 6) is 2.43. The first-order valence-corrected chi connectivity index (χ1v) is 6.61. The van der Waals surface area contributed by atoms with Gasteiger partial charge in [0.1, 0.15) is 5.75 Å². The molecule has 3 nitrogen and oxygen atoms in total. The van der Waals surface area contributed by atoms with Crippen LogP contribution in [-0.4, -0.2) is 11.6 Å². The molecule has 0 spiro atoms. The van der Waals surface area contributed by atoms with E-state index >= 15 is 0 Å². The zero-order valence-electron chi connectivity index (χ0n) is 10.4. The first kappa shape index (κ1) is 13.0. The highest BCUT2D eigenvalue weighted by atomic mass is 35.5. The molecule has 0 saturated carbocycles. The number of hydrogen-bond donors (Lipinski definition) is 0. The Labute approximate surface area is 112 Å². The standard InChI is InChI=1S/C14H16ClNO2/c1-2-3-8-17-12-6-4-11(5-7-12)13-10-16-14(9-15)18-13/h4-7,10H,2-3,8-9H2,1H3. The fourth-order valence-electron chi connectivity index (χ4n) is 1.56. The normalized spacial score (nSPS) is 10.6. The maximum atomic E-state index is 5.65. The lowest BCUT2D eigenvalue weighted by Gasteiger charge is -2.05. The Balaban J connectivity index is 2.02. The molecule has 0 saturated heterocycles. The molecule has 1 aromatic carbocycles. The maximum Gasteiger partial charge on any atom is 0.209 e. The molecular weight excluding hydrogens is 250 g/mol. The van der Waals surface area contributed by atoms with Crippen LogP contribution in [0.3, 0.4) is 0 Å². The highest BCUT2D eigenvalue weighted by Crippen LogP contribution is 2.23. The van der Waals surface area contributed by atoms with Crippen molar-refractivity contribution in [2.45, 2.75) is 25.6 Å². The average molecular weight is 266 g/mol. The van der Waals surface area contributed by atoms with E-state index in [9.17, 15) is 0 Å². The van der Waals surface area contributed by atoms with Crippen LogP contribution in [0.2, 0.25) is 0 Å². The fraction of sp³-hybridized carbons (Fsp3) is 0.357. The molecule has 2 rings (SSSR count). The first-order valence-electron chi connectivity index (χ1n) is 6.07. The molecule has 0 N–H and O–H groups in total. The van der Waals surface area contributed by atoms with Crippen LogP contribution in [0, 0.1) is 0 Å². The van der Waals surface area contributed by atoms with E-state index in [2.05, 4.69) is 11.9 Å². The van der Waals surface area contributed by atoms with Crippen LogP contribution < -0.4 is 4.74 Å². The van der Waals surface area contributed by atoms with Crippen molar-refractivity contribution in [2.24, 2.45) is 0 Å². The molecule has 0 bridgehead atoms. The quantitative estimate of drug-likeness (QED) is 0.578. The van der Waals surface area contributed by atoms with Crippen molar-refractivity contribution in [2.75, 3.05) is 6.61 Å². The van der Waals surface area contributed by atoms with Gasteiger partial charge in [0.2, 0.25) is 5.89 Å². The number of nitrogens with zero attached hydrogens (tertiary/aromatic N) is 1. The van der Waals surface area contributed by atoms with Gasteiger partial charge in [0.25, 0.3) is 0 Å². The van der Waals surface area contributed by atoms with Gasteiger partial charge in [-0.1, -0.05) is 13.3 Å². The van der Waals surface area contributed by atoms with Crippen LogP contribution in [0.4, 0.5) is 0 Å². The van der Waals surface area contributed by atoms with E-state index in [0.717, 1.165) is 36.5 Å². The SMILES string of the molecule is CCCCOc1ccc(-c2cnc(CCl)o2)cc1. The second-order valence-electron chi connectivity index (χ2n) is 3.98. The van der Waals surface area contributed by atoms with Gasteiger partial charge in [-0.25, -0.2) is 4.98 Å². The lowest BCUT2D eigenvalue weighted by molar-refractivity contribution is 0.309. The number of ether oxygens (including phenoxy) is 1. The topological polar surface area (TPSA) is 35.3 Å². The summed E-state index contributed by atoms with van der Waals surface area (Å²) in [6.45, 7) is 2.90. The molecule has 4 heteroatoms. The molecule has 0 fully saturated rings. The Morgan fingerprint density at radius 1 is 1.28 bits per heavy atom. The predicted octanol–water partition coefficient (Wildman–Crippen LogP) is 4.26. The molecule has 0 unspecified atom stereocenters. The van der Waals surface area contributed by atoms with Crippen LogP contribution in [0.5, 0.6) is 5.75 Å². The van der Waals surface area contributed by atoms with Gasteiger partial charge >= 0.3 is 0 Å². The van der Waals surface area contributed by atoms with Crippen LogP contribution >= 0.6 is 11.6 Å². The molecule has 0 atom stereocenters. The van der Waals surface area contributed by atoms with Gasteiger partial charge in [-0.05, 0) is 30.7 Å². The number of rotatable bonds is 6. The van der Waals surface area contributed by atoms with E-state index in [4.69, 9.17) is 20.8 Å². The minimum atomic E-state index is 0.290. The number of hydrogen-bond acceptors (Lipinski definition) is 3. The molecular formula is C14H16ClNO2. The lowest BCUT2D eigenvalue weighted by atomic mass is 10.2. The first-order chi connectivity index (χ1) is 8.83. The van der Waals surface area contributed by atoms with Crippen molar-refractivity contribution < 1.29 is 9.15 Å². The minimum Gasteiger partial charge on any atom is -0.494 e. The zero-order valence-corrected chi connectivity index (χ0v) is 11.1. The van der Waals surface area contributed by atoms with Gasteiger partial charge in [-0.15, -0.1) is 11.6 Å². The van der Waals surface area contributed by atoms with Gasteiger partial charge < -0.3 is 9.15 Å². The number of unbranched alkanes of at least 4 members (excludes halogenated alkanes) is 1. The van der Waals surface area contributed by atoms with Crippen molar-refractivity contribution in [1.82, 2.24) is 4.98 Å². The van der Waals surface area contributed by atoms with Gasteiger partial charge in [0, 0.05) is 5.56 Å². The van der Waals surface area contributed by atoms with Crippen LogP contribution in [-0.2, 0) is 5.88 Å². The number of oxazole rings is 1. The fourth-order valence-corrected chi connectivity index (χ4v) is 1.68. The third-order valence-electron chi connectivity index (χ3n) is 2.57. The summed E-state index contributed by atoms with van der Waals surface area (Å²) in [7, 11) is 0. The van der Waals surface area contributed by atoms with E-state index in [0.29, 0.717) is 5.89 Å². The predicted molar refractivity (Wildman–Crippen MR) is 71.9 cm³/mol. The summed E-state index contributed by atoms with van der Waals surface area (Å²) in [4.78, 5) is 4.06. The lowest BCUT2D eigenvalue weighted by Crippen LogP contribution is -1.95. The molecule has 0 aliphatic carbocycles. The molecule has 18 heavy (non-hydrogen) atoms. The third-order valence-corrected chi connectivity index (χ3v) is 2.80. The monoisotopic (exact) mass is 265 g/mol. The zero-order chi connectivity index (χ0) is 12.8. The van der Waals surface area contributed by atoms with Crippen molar-refractivity contribution in [1.29, 1.82) is 0 Å². The molecule has 1 aromatic heterocycles. The van der Waals surface area contributed by atoms with Gasteiger partial charge in [-0.2, -0.15) is 0 Å². The summed E-state index contributed by atoms with van der Waals surface area (Å²) in [5, 5.41) is 0. The summed E-state index contributed by atoms with van der Waals surface area (Å²) in [6, 6.07) is 7.79. The largest absolute Gasteiger partial charge is 0.494 e. The van der Waals surface area contributed by atoms with Crippen molar-refractivity contribution >= 4 is 11.6 Å². The van der Waals surface area contributed by atoms with Crippen LogP contribution in [0.25, 0.3) is 11.3 Å². The molecule has 96 valence electrons. The second kappa shape index (κ2) is 6.45. The van der Waals surface area contributed by atoms with Crippen molar-refractivity contribution in [3.8, 4) is 17.1 Å². The van der Waals surface area contributed by atoms with Gasteiger partial charge in [-0.3, -0.25) is 0 Å². The van der Waals surface area contributed by atoms with E-state index < -0.39 is 0 Å². The van der Waals surface area contributed by atoms with Gasteiger partial charge in [0.05, 0.1) is 18.7 Å². The maximum absolute atomic E-state index is 5.65. The molecule has 2 aromatic rings. The summed E-state index contributed by atoms with van der Waals surface area (Å²) in [6.07, 6.45) is 3.89. The smallest absolute Gasteiger partial charge is 0.209 e. The summed E-state index contributed by atoms with van der Waals surface area (Å²) in [5.41, 5.74) is 0.974. The van der Waals surface area contributed by atoms with E-state index in [1.807, 2.05) is 24.3 Å². The molecule has 0 amide bonds. The number of alkyl halides is 1. The molecule has 1 heterocycles. The Morgan fingerprint density at radius 2 is 2.06 bits per heavy atom. The minimum absolute atomic E-state index is 0.290. The Hall–Kier alpha value is -1.48. The molecule has 0 aliphatic rings. The number of benzene rings is 1. The summed E-state index contributed by atoms with van der Waals surface area (Å²) < 4.78 is 11.1. The highest BCUT2D eigenvalue weighted by molar-refractivity contribution is 6.16. The van der Waals surface area contributed by atoms with E-state index in [1.165, 1.54) is 0 Å². The number of halogens is 1. The Morgan fingerprint density at radius 3 is 2.67 bits per heavy atom. The van der Waals surface area contributed by atoms with Crippen molar-refractivity contribution in [3.05, 3.63) is 36.4 Å². The van der Waals surface area contributed by atoms with Gasteiger partial charge in [0.15, 0.2) is 5.76 Å².